The number of hydrogen-bond acceptors (Lipinski definition) is 5. The second-order valence-corrected chi connectivity index (χ2v) is 8.88. The highest BCUT2D eigenvalue weighted by Gasteiger charge is 2.30. The van der Waals surface area contributed by atoms with Gasteiger partial charge in [0.15, 0.2) is 5.65 Å². The Morgan fingerprint density at radius 1 is 1.17 bits per heavy atom. The lowest BCUT2D eigenvalue weighted by atomic mass is 10.1. The summed E-state index contributed by atoms with van der Waals surface area (Å²) in [7, 11) is 1.87. The van der Waals surface area contributed by atoms with Gasteiger partial charge in [-0.3, -0.25) is 9.48 Å². The Bertz CT molecular complexity index is 963. The first-order valence-corrected chi connectivity index (χ1v) is 10.9. The fraction of sp³-hybridized carbons (Fsp3) is 0.636. The molecule has 4 rings (SSSR count). The minimum absolute atomic E-state index is 0.00204. The number of pyridine rings is 1. The third kappa shape index (κ3) is 4.13. The van der Waals surface area contributed by atoms with Crippen molar-refractivity contribution in [2.75, 3.05) is 32.8 Å². The maximum absolute atomic E-state index is 13.5. The summed E-state index contributed by atoms with van der Waals surface area (Å²) in [5.74, 6) is 0.751. The van der Waals surface area contributed by atoms with E-state index in [1.165, 1.54) is 0 Å². The second kappa shape index (κ2) is 8.24. The number of carbonyl (C=O) groups excluding carboxylic acids is 2. The minimum Gasteiger partial charge on any atom is -0.449 e. The molecule has 1 aliphatic carbocycles. The van der Waals surface area contributed by atoms with Crippen molar-refractivity contribution in [3.05, 3.63) is 23.0 Å². The first-order chi connectivity index (χ1) is 14.3. The third-order valence-electron chi connectivity index (χ3n) is 5.80. The normalized spacial score (nSPS) is 17.5. The first kappa shape index (κ1) is 20.6. The molecule has 1 saturated carbocycles. The zero-order chi connectivity index (χ0) is 21.4. The Balaban J connectivity index is 1.55. The second-order valence-electron chi connectivity index (χ2n) is 8.88. The molecule has 0 aromatic carbocycles. The van der Waals surface area contributed by atoms with Gasteiger partial charge in [0.1, 0.15) is 0 Å². The molecule has 8 nitrogen and oxygen atoms in total. The van der Waals surface area contributed by atoms with Gasteiger partial charge in [-0.15, -0.1) is 0 Å². The average Bonchev–Trinajstić information content (AvgIpc) is 3.54. The maximum Gasteiger partial charge on any atom is 0.409 e. The van der Waals surface area contributed by atoms with E-state index in [2.05, 4.69) is 5.10 Å². The number of aryl methyl sites for hydroxylation is 2. The lowest BCUT2D eigenvalue weighted by Gasteiger charge is -2.22. The van der Waals surface area contributed by atoms with Crippen LogP contribution in [0, 0.1) is 12.8 Å². The molecule has 30 heavy (non-hydrogen) atoms. The summed E-state index contributed by atoms with van der Waals surface area (Å²) in [5, 5.41) is 5.34. The number of ether oxygens (including phenoxy) is 1. The quantitative estimate of drug-likeness (QED) is 0.769. The summed E-state index contributed by atoms with van der Waals surface area (Å²) in [4.78, 5) is 34.2. The van der Waals surface area contributed by atoms with Gasteiger partial charge < -0.3 is 14.5 Å². The van der Waals surface area contributed by atoms with Crippen LogP contribution < -0.4 is 0 Å². The number of hydrogen-bond donors (Lipinski definition) is 0. The Labute approximate surface area is 177 Å². The van der Waals surface area contributed by atoms with Gasteiger partial charge in [0.25, 0.3) is 5.91 Å². The molecule has 0 spiro atoms. The van der Waals surface area contributed by atoms with Crippen LogP contribution in [0.1, 0.15) is 60.8 Å². The molecule has 2 amide bonds. The monoisotopic (exact) mass is 413 g/mol. The molecule has 2 aromatic heterocycles. The Morgan fingerprint density at radius 2 is 1.87 bits per heavy atom. The zero-order valence-corrected chi connectivity index (χ0v) is 18.3. The van der Waals surface area contributed by atoms with Crippen LogP contribution in [0.5, 0.6) is 0 Å². The summed E-state index contributed by atoms with van der Waals surface area (Å²) in [6.45, 7) is 8.57. The van der Waals surface area contributed by atoms with E-state index in [4.69, 9.17) is 9.72 Å². The SMILES string of the molecule is Cc1nn(C)c2nc(C3CC3)cc(C(=O)N3CCCN(C(=O)OCC(C)C)CC3)c12. The Hall–Kier alpha value is -2.64. The lowest BCUT2D eigenvalue weighted by Crippen LogP contribution is -2.38. The van der Waals surface area contributed by atoms with E-state index in [0.29, 0.717) is 50.2 Å². The molecule has 1 aliphatic heterocycles. The van der Waals surface area contributed by atoms with Crippen LogP contribution >= 0.6 is 0 Å². The summed E-state index contributed by atoms with van der Waals surface area (Å²) < 4.78 is 7.13. The van der Waals surface area contributed by atoms with Crippen molar-refractivity contribution in [3.63, 3.8) is 0 Å². The average molecular weight is 414 g/mol. The number of rotatable bonds is 4. The molecular weight excluding hydrogens is 382 g/mol. The molecule has 3 heterocycles. The first-order valence-electron chi connectivity index (χ1n) is 10.9. The molecule has 0 N–H and O–H groups in total. The van der Waals surface area contributed by atoms with E-state index in [0.717, 1.165) is 41.7 Å². The van der Waals surface area contributed by atoms with Crippen molar-refractivity contribution in [2.45, 2.75) is 46.0 Å². The number of amides is 2. The molecule has 1 saturated heterocycles. The summed E-state index contributed by atoms with van der Waals surface area (Å²) >= 11 is 0. The standard InChI is InChI=1S/C22H31N5O3/c1-14(2)13-30-22(29)27-9-5-8-26(10-11-27)21(28)17-12-18(16-6-7-16)23-20-19(17)15(3)24-25(20)4/h12,14,16H,5-11,13H2,1-4H3. The van der Waals surface area contributed by atoms with Gasteiger partial charge in [-0.05, 0) is 38.2 Å². The van der Waals surface area contributed by atoms with E-state index in [9.17, 15) is 9.59 Å². The number of aromatic nitrogens is 3. The predicted octanol–water partition coefficient (Wildman–Crippen LogP) is 3.09. The van der Waals surface area contributed by atoms with Crippen LogP contribution in [0.4, 0.5) is 4.79 Å². The van der Waals surface area contributed by atoms with Crippen LogP contribution in [0.3, 0.4) is 0 Å². The van der Waals surface area contributed by atoms with Gasteiger partial charge >= 0.3 is 6.09 Å². The van der Waals surface area contributed by atoms with Crippen molar-refractivity contribution in [3.8, 4) is 0 Å². The highest BCUT2D eigenvalue weighted by Crippen LogP contribution is 2.40. The molecule has 0 bridgehead atoms. The summed E-state index contributed by atoms with van der Waals surface area (Å²) in [6.07, 6.45) is 2.70. The van der Waals surface area contributed by atoms with Crippen molar-refractivity contribution in [1.82, 2.24) is 24.6 Å². The minimum atomic E-state index is -0.288. The Kier molecular flexibility index (Phi) is 5.66. The molecular formula is C22H31N5O3. The van der Waals surface area contributed by atoms with Crippen LogP contribution in [0.2, 0.25) is 0 Å². The summed E-state index contributed by atoms with van der Waals surface area (Å²) in [6, 6.07) is 1.97. The number of nitrogens with zero attached hydrogens (tertiary/aromatic N) is 5. The number of carbonyl (C=O) groups is 2. The van der Waals surface area contributed by atoms with Crippen molar-refractivity contribution in [1.29, 1.82) is 0 Å². The number of fused-ring (bicyclic) bond motifs is 1. The van der Waals surface area contributed by atoms with Crippen molar-refractivity contribution >= 4 is 23.0 Å². The van der Waals surface area contributed by atoms with Gasteiger partial charge in [-0.1, -0.05) is 13.8 Å². The molecule has 0 atom stereocenters. The Morgan fingerprint density at radius 3 is 2.57 bits per heavy atom. The smallest absolute Gasteiger partial charge is 0.409 e. The van der Waals surface area contributed by atoms with Crippen LogP contribution in [0.15, 0.2) is 6.07 Å². The predicted molar refractivity (Wildman–Crippen MR) is 114 cm³/mol. The maximum atomic E-state index is 13.5. The molecule has 162 valence electrons. The van der Waals surface area contributed by atoms with E-state index in [1.54, 1.807) is 9.58 Å². The highest BCUT2D eigenvalue weighted by atomic mass is 16.6. The van der Waals surface area contributed by atoms with E-state index < -0.39 is 0 Å². The van der Waals surface area contributed by atoms with Gasteiger partial charge in [0.05, 0.1) is 23.3 Å². The van der Waals surface area contributed by atoms with Crippen molar-refractivity contribution < 1.29 is 14.3 Å². The fourth-order valence-corrected chi connectivity index (χ4v) is 4.02. The lowest BCUT2D eigenvalue weighted by molar-refractivity contribution is 0.0748. The van der Waals surface area contributed by atoms with E-state index >= 15 is 0 Å². The molecule has 2 aliphatic rings. The van der Waals surface area contributed by atoms with E-state index in [1.807, 2.05) is 38.8 Å². The van der Waals surface area contributed by atoms with Gasteiger partial charge in [-0.25, -0.2) is 9.78 Å². The van der Waals surface area contributed by atoms with Gasteiger partial charge in [0, 0.05) is 44.8 Å². The molecule has 2 aromatic rings. The fourth-order valence-electron chi connectivity index (χ4n) is 4.02. The highest BCUT2D eigenvalue weighted by molar-refractivity contribution is 6.06. The van der Waals surface area contributed by atoms with Crippen LogP contribution in [-0.2, 0) is 11.8 Å². The van der Waals surface area contributed by atoms with Gasteiger partial charge in [-0.2, -0.15) is 5.10 Å². The van der Waals surface area contributed by atoms with E-state index in [-0.39, 0.29) is 12.0 Å². The van der Waals surface area contributed by atoms with Crippen LogP contribution in [-0.4, -0.2) is 69.4 Å². The topological polar surface area (TPSA) is 80.6 Å². The van der Waals surface area contributed by atoms with Crippen molar-refractivity contribution in [2.24, 2.45) is 13.0 Å². The molecule has 0 radical (unpaired) electrons. The molecule has 8 heteroatoms. The third-order valence-corrected chi connectivity index (χ3v) is 5.80. The van der Waals surface area contributed by atoms with Gasteiger partial charge in [0.2, 0.25) is 0 Å². The van der Waals surface area contributed by atoms with Crippen LogP contribution in [0.25, 0.3) is 11.0 Å². The molecule has 0 unspecified atom stereocenters. The summed E-state index contributed by atoms with van der Waals surface area (Å²) in [5.41, 5.74) is 3.26. The molecule has 2 fully saturated rings. The zero-order valence-electron chi connectivity index (χ0n) is 18.3. The largest absolute Gasteiger partial charge is 0.449 e.